The zero-order chi connectivity index (χ0) is 31.0. The highest BCUT2D eigenvalue weighted by atomic mass is 32.2. The van der Waals surface area contributed by atoms with Crippen LogP contribution in [0, 0.1) is 5.92 Å². The molecule has 6 rings (SSSR count). The predicted octanol–water partition coefficient (Wildman–Crippen LogP) is 4.13. The largest absolute Gasteiger partial charge is 0.508 e. The summed E-state index contributed by atoms with van der Waals surface area (Å²) in [7, 11) is 0. The molecule has 0 saturated carbocycles. The maximum atomic E-state index is 13.9. The van der Waals surface area contributed by atoms with Crippen molar-refractivity contribution in [3.8, 4) is 11.5 Å². The molecular formula is C31H25N3O8S2. The molecule has 0 aliphatic carbocycles. The number of esters is 1. The number of thioether (sulfide) groups is 1. The number of hydrogen-bond donors (Lipinski definition) is 3. The maximum absolute atomic E-state index is 13.9. The number of hydrogen-bond acceptors (Lipinski definition) is 10. The van der Waals surface area contributed by atoms with Gasteiger partial charge in [-0.15, -0.1) is 0 Å². The number of carbonyl (C=O) groups excluding carboxylic acids is 4. The zero-order valence-corrected chi connectivity index (χ0v) is 24.8. The standard InChI is InChI=1S/C31H25N3O8S2/c1-2-41-30(39)17-3-9-19(10-4-17)34-28(37)24-23(25-27(33-31(40)44-25)43-26(24)29(34)38)16-5-13-21(14-6-16)42-15-22(36)32-18-7-11-20(35)12-8-18/h3-14,23-24,26,35H,2,15H2,1H3,(H,32,36)(H,33,40)/t23-,24-,26+/m0/s1. The molecule has 2 aliphatic rings. The van der Waals surface area contributed by atoms with Crippen molar-refractivity contribution in [2.24, 2.45) is 5.92 Å². The van der Waals surface area contributed by atoms with Crippen molar-refractivity contribution in [1.82, 2.24) is 4.98 Å². The van der Waals surface area contributed by atoms with Gasteiger partial charge in [-0.3, -0.25) is 19.2 Å². The van der Waals surface area contributed by atoms with E-state index >= 15 is 0 Å². The van der Waals surface area contributed by atoms with Crippen LogP contribution in [-0.2, 0) is 19.1 Å². The first-order valence-corrected chi connectivity index (χ1v) is 15.3. The number of imide groups is 1. The summed E-state index contributed by atoms with van der Waals surface area (Å²) < 4.78 is 10.7. The summed E-state index contributed by atoms with van der Waals surface area (Å²) in [5, 5.41) is 11.9. The van der Waals surface area contributed by atoms with E-state index in [2.05, 4.69) is 10.3 Å². The van der Waals surface area contributed by atoms with Crippen molar-refractivity contribution in [3.05, 3.63) is 98.5 Å². The molecule has 1 saturated heterocycles. The molecule has 0 bridgehead atoms. The first-order valence-electron chi connectivity index (χ1n) is 13.6. The van der Waals surface area contributed by atoms with Gasteiger partial charge < -0.3 is 24.9 Å². The van der Waals surface area contributed by atoms with Crippen LogP contribution < -0.4 is 19.8 Å². The minimum atomic E-state index is -0.779. The second-order valence-electron chi connectivity index (χ2n) is 9.98. The van der Waals surface area contributed by atoms with Gasteiger partial charge in [0.15, 0.2) is 6.61 Å². The Kier molecular flexibility index (Phi) is 7.97. The molecule has 0 unspecified atom stereocenters. The summed E-state index contributed by atoms with van der Waals surface area (Å²) in [6, 6.07) is 19.0. The smallest absolute Gasteiger partial charge is 0.338 e. The van der Waals surface area contributed by atoms with Gasteiger partial charge in [0, 0.05) is 16.5 Å². The number of aromatic amines is 1. The molecule has 11 nitrogen and oxygen atoms in total. The number of aromatic hydroxyl groups is 1. The number of phenolic OH excluding ortho intramolecular Hbond substituents is 1. The van der Waals surface area contributed by atoms with Crippen LogP contribution in [0.2, 0.25) is 0 Å². The van der Waals surface area contributed by atoms with Gasteiger partial charge in [0.1, 0.15) is 16.7 Å². The molecule has 1 aromatic heterocycles. The van der Waals surface area contributed by atoms with E-state index < -0.39 is 34.9 Å². The van der Waals surface area contributed by atoms with E-state index in [0.29, 0.717) is 38.2 Å². The number of carbonyl (C=O) groups is 4. The fourth-order valence-corrected chi connectivity index (χ4v) is 7.77. The number of ether oxygens (including phenoxy) is 2. The number of nitrogens with one attached hydrogen (secondary N) is 2. The highest BCUT2D eigenvalue weighted by Gasteiger charge is 2.56. The highest BCUT2D eigenvalue weighted by molar-refractivity contribution is 8.00. The molecule has 3 amide bonds. The molecule has 3 atom stereocenters. The third-order valence-electron chi connectivity index (χ3n) is 7.22. The Morgan fingerprint density at radius 2 is 1.66 bits per heavy atom. The number of phenols is 1. The monoisotopic (exact) mass is 631 g/mol. The van der Waals surface area contributed by atoms with Gasteiger partial charge in [-0.25, -0.2) is 9.69 Å². The van der Waals surface area contributed by atoms with E-state index in [4.69, 9.17) is 9.47 Å². The van der Waals surface area contributed by atoms with Gasteiger partial charge in [0.25, 0.3) is 5.91 Å². The summed E-state index contributed by atoms with van der Waals surface area (Å²) in [4.78, 5) is 68.7. The minimum Gasteiger partial charge on any atom is -0.508 e. The van der Waals surface area contributed by atoms with Crippen LogP contribution in [0.4, 0.5) is 11.4 Å². The van der Waals surface area contributed by atoms with Crippen LogP contribution in [0.1, 0.15) is 33.6 Å². The number of rotatable bonds is 8. The summed E-state index contributed by atoms with van der Waals surface area (Å²) >= 11 is 2.18. The molecule has 3 heterocycles. The first kappa shape index (κ1) is 29.2. The lowest BCUT2D eigenvalue weighted by molar-refractivity contribution is -0.122. The Morgan fingerprint density at radius 1 is 0.955 bits per heavy atom. The molecule has 4 aromatic rings. The van der Waals surface area contributed by atoms with E-state index in [1.165, 1.54) is 36.0 Å². The van der Waals surface area contributed by atoms with Crippen LogP contribution in [0.25, 0.3) is 0 Å². The number of benzene rings is 3. The SMILES string of the molecule is CCOC(=O)c1ccc(N2C(=O)[C@H]3[C@H](c4ccc(OCC(=O)Nc5ccc(O)cc5)cc4)c4sc(=O)[nH]c4S[C@H]3C2=O)cc1. The Bertz CT molecular complexity index is 1800. The fraction of sp³-hybridized carbons (Fsp3) is 0.194. The normalized spacial score (nSPS) is 18.8. The molecular weight excluding hydrogens is 606 g/mol. The molecule has 0 spiro atoms. The number of amides is 3. The Hall–Kier alpha value is -4.88. The molecule has 44 heavy (non-hydrogen) atoms. The Labute approximate surface area is 258 Å². The van der Waals surface area contributed by atoms with Gasteiger partial charge in [-0.2, -0.15) is 0 Å². The summed E-state index contributed by atoms with van der Waals surface area (Å²) in [6.45, 7) is 1.67. The second kappa shape index (κ2) is 12.0. The van der Waals surface area contributed by atoms with Crippen molar-refractivity contribution in [2.75, 3.05) is 23.4 Å². The topological polar surface area (TPSA) is 155 Å². The first-order chi connectivity index (χ1) is 21.2. The third-order valence-corrected chi connectivity index (χ3v) is 9.62. The molecule has 2 aliphatic heterocycles. The number of H-pyrrole nitrogens is 1. The maximum Gasteiger partial charge on any atom is 0.338 e. The zero-order valence-electron chi connectivity index (χ0n) is 23.1. The third kappa shape index (κ3) is 5.58. The molecule has 3 N–H and O–H groups in total. The van der Waals surface area contributed by atoms with Crippen LogP contribution >= 0.6 is 23.1 Å². The van der Waals surface area contributed by atoms with Gasteiger partial charge >= 0.3 is 10.8 Å². The van der Waals surface area contributed by atoms with Gasteiger partial charge in [-0.1, -0.05) is 35.2 Å². The van der Waals surface area contributed by atoms with Crippen molar-refractivity contribution in [2.45, 2.75) is 23.1 Å². The minimum absolute atomic E-state index is 0.0855. The summed E-state index contributed by atoms with van der Waals surface area (Å²) in [6.07, 6.45) is 0. The van der Waals surface area contributed by atoms with Crippen LogP contribution in [0.3, 0.4) is 0 Å². The van der Waals surface area contributed by atoms with E-state index in [9.17, 15) is 29.1 Å². The molecule has 1 fully saturated rings. The van der Waals surface area contributed by atoms with Gasteiger partial charge in [0.05, 0.1) is 28.8 Å². The lowest BCUT2D eigenvalue weighted by Gasteiger charge is -2.29. The van der Waals surface area contributed by atoms with E-state index in [1.807, 2.05) is 0 Å². The second-order valence-corrected chi connectivity index (χ2v) is 12.1. The summed E-state index contributed by atoms with van der Waals surface area (Å²) in [5.74, 6) is -2.56. The number of anilines is 2. The van der Waals surface area contributed by atoms with E-state index in [0.717, 1.165) is 16.2 Å². The van der Waals surface area contributed by atoms with Crippen molar-refractivity contribution in [3.63, 3.8) is 0 Å². The van der Waals surface area contributed by atoms with Crippen molar-refractivity contribution < 1.29 is 33.8 Å². The average molecular weight is 632 g/mol. The number of nitrogens with zero attached hydrogens (tertiary/aromatic N) is 1. The Balaban J connectivity index is 1.22. The number of thiazole rings is 1. The van der Waals surface area contributed by atoms with Crippen LogP contribution in [0.5, 0.6) is 11.5 Å². The molecule has 13 heteroatoms. The molecule has 224 valence electrons. The molecule has 0 radical (unpaired) electrons. The lowest BCUT2D eigenvalue weighted by atomic mass is 9.83. The fourth-order valence-electron chi connectivity index (χ4n) is 5.25. The van der Waals surface area contributed by atoms with Crippen molar-refractivity contribution in [1.29, 1.82) is 0 Å². The van der Waals surface area contributed by atoms with Crippen LogP contribution in [-0.4, -0.2) is 52.2 Å². The average Bonchev–Trinajstić information content (AvgIpc) is 3.51. The van der Waals surface area contributed by atoms with Crippen molar-refractivity contribution >= 4 is 58.2 Å². The summed E-state index contributed by atoms with van der Waals surface area (Å²) in [5.41, 5.74) is 1.86. The van der Waals surface area contributed by atoms with Gasteiger partial charge in [-0.05, 0) is 73.2 Å². The Morgan fingerprint density at radius 3 is 2.34 bits per heavy atom. The lowest BCUT2D eigenvalue weighted by Crippen LogP contribution is -2.32. The van der Waals surface area contributed by atoms with Gasteiger partial charge in [0.2, 0.25) is 11.8 Å². The quantitative estimate of drug-likeness (QED) is 0.148. The number of aromatic nitrogens is 1. The predicted molar refractivity (Wildman–Crippen MR) is 163 cm³/mol. The highest BCUT2D eigenvalue weighted by Crippen LogP contribution is 2.53. The van der Waals surface area contributed by atoms with E-state index in [1.54, 1.807) is 55.5 Å². The van der Waals surface area contributed by atoms with Crippen LogP contribution in [0.15, 0.2) is 82.6 Å². The number of fused-ring (bicyclic) bond motifs is 2. The van der Waals surface area contributed by atoms with E-state index in [-0.39, 0.29) is 29.7 Å². The molecule has 3 aromatic carbocycles.